The maximum absolute atomic E-state index is 13.4. The first-order chi connectivity index (χ1) is 8.44. The zero-order valence-corrected chi connectivity index (χ0v) is 10.8. The Labute approximate surface area is 106 Å². The minimum Gasteiger partial charge on any atom is -0.469 e. The van der Waals surface area contributed by atoms with E-state index in [-0.39, 0.29) is 11.8 Å². The van der Waals surface area contributed by atoms with Crippen molar-refractivity contribution in [1.82, 2.24) is 0 Å². The highest BCUT2D eigenvalue weighted by Crippen LogP contribution is 2.48. The summed E-state index contributed by atoms with van der Waals surface area (Å²) in [5, 5.41) is 0. The first kappa shape index (κ1) is 13.0. The summed E-state index contributed by atoms with van der Waals surface area (Å²) in [6.07, 6.45) is 0. The Morgan fingerprint density at radius 2 is 2.11 bits per heavy atom. The zero-order valence-electron chi connectivity index (χ0n) is 10.8. The Hall–Kier alpha value is -1.42. The molecule has 0 saturated carbocycles. The fourth-order valence-corrected chi connectivity index (χ4v) is 2.43. The summed E-state index contributed by atoms with van der Waals surface area (Å²) in [4.78, 5) is 12.0. The smallest absolute Gasteiger partial charge is 0.312 e. The largest absolute Gasteiger partial charge is 0.469 e. The molecule has 1 aromatic carbocycles. The standard InChI is InChI=1S/C14H17FO3/c1-13(2,12(16)17-3)14(8-18-9-14)10-5-4-6-11(15)7-10/h4-7H,8-9H2,1-3H3. The number of hydrogen-bond acceptors (Lipinski definition) is 3. The molecule has 0 aliphatic carbocycles. The van der Waals surface area contributed by atoms with Gasteiger partial charge in [0.05, 0.1) is 31.2 Å². The van der Waals surface area contributed by atoms with Crippen LogP contribution in [0.2, 0.25) is 0 Å². The zero-order chi connectivity index (χ0) is 13.4. The Morgan fingerprint density at radius 3 is 2.56 bits per heavy atom. The average Bonchev–Trinajstić information content (AvgIpc) is 2.26. The normalized spacial score (nSPS) is 18.0. The van der Waals surface area contributed by atoms with Crippen molar-refractivity contribution in [3.63, 3.8) is 0 Å². The molecular weight excluding hydrogens is 235 g/mol. The lowest BCUT2D eigenvalue weighted by atomic mass is 9.60. The van der Waals surface area contributed by atoms with Crippen LogP contribution in [0.5, 0.6) is 0 Å². The van der Waals surface area contributed by atoms with Crippen LogP contribution in [-0.2, 0) is 19.7 Å². The molecule has 0 N–H and O–H groups in total. The minimum atomic E-state index is -0.756. The van der Waals surface area contributed by atoms with E-state index < -0.39 is 10.8 Å². The highest BCUT2D eigenvalue weighted by Gasteiger charge is 2.56. The number of rotatable bonds is 3. The van der Waals surface area contributed by atoms with Crippen molar-refractivity contribution in [2.24, 2.45) is 5.41 Å². The van der Waals surface area contributed by atoms with Crippen molar-refractivity contribution in [3.8, 4) is 0 Å². The fraction of sp³-hybridized carbons (Fsp3) is 0.500. The maximum Gasteiger partial charge on any atom is 0.312 e. The van der Waals surface area contributed by atoms with Crippen LogP contribution < -0.4 is 0 Å². The Morgan fingerprint density at radius 1 is 1.44 bits per heavy atom. The lowest BCUT2D eigenvalue weighted by Crippen LogP contribution is -2.60. The van der Waals surface area contributed by atoms with Crippen LogP contribution in [0.15, 0.2) is 24.3 Å². The lowest BCUT2D eigenvalue weighted by Gasteiger charge is -2.50. The maximum atomic E-state index is 13.4. The third-order valence-electron chi connectivity index (χ3n) is 3.97. The highest BCUT2D eigenvalue weighted by atomic mass is 19.1. The van der Waals surface area contributed by atoms with Gasteiger partial charge in [0.2, 0.25) is 0 Å². The van der Waals surface area contributed by atoms with Crippen molar-refractivity contribution < 1.29 is 18.7 Å². The molecule has 0 spiro atoms. The highest BCUT2D eigenvalue weighted by molar-refractivity contribution is 5.78. The molecule has 1 aliphatic heterocycles. The molecule has 0 aromatic heterocycles. The predicted octanol–water partition coefficient (Wildman–Crippen LogP) is 2.29. The van der Waals surface area contributed by atoms with E-state index in [1.807, 2.05) is 19.9 Å². The molecule has 3 nitrogen and oxygen atoms in total. The van der Waals surface area contributed by atoms with Crippen LogP contribution in [0.4, 0.5) is 4.39 Å². The predicted molar refractivity (Wildman–Crippen MR) is 64.7 cm³/mol. The van der Waals surface area contributed by atoms with Crippen LogP contribution in [0.25, 0.3) is 0 Å². The summed E-state index contributed by atoms with van der Waals surface area (Å²) in [6, 6.07) is 6.34. The number of hydrogen-bond donors (Lipinski definition) is 0. The van der Waals surface area contributed by atoms with E-state index in [2.05, 4.69) is 0 Å². The molecule has 1 aromatic rings. The molecule has 4 heteroatoms. The molecule has 0 atom stereocenters. The van der Waals surface area contributed by atoms with Crippen LogP contribution in [0.3, 0.4) is 0 Å². The van der Waals surface area contributed by atoms with E-state index in [0.717, 1.165) is 5.56 Å². The Bertz CT molecular complexity index is 464. The molecule has 1 fully saturated rings. The summed E-state index contributed by atoms with van der Waals surface area (Å²) in [5.41, 5.74) is -0.486. The number of carbonyl (C=O) groups is 1. The Kier molecular flexibility index (Phi) is 3.15. The number of carbonyl (C=O) groups excluding carboxylic acids is 1. The first-order valence-electron chi connectivity index (χ1n) is 5.86. The number of benzene rings is 1. The second kappa shape index (κ2) is 4.35. The SMILES string of the molecule is COC(=O)C(C)(C)C1(c2cccc(F)c2)COC1. The van der Waals surface area contributed by atoms with Crippen molar-refractivity contribution in [1.29, 1.82) is 0 Å². The lowest BCUT2D eigenvalue weighted by molar-refractivity contribution is -0.174. The van der Waals surface area contributed by atoms with Crippen LogP contribution >= 0.6 is 0 Å². The second-order valence-electron chi connectivity index (χ2n) is 5.20. The van der Waals surface area contributed by atoms with E-state index in [9.17, 15) is 9.18 Å². The van der Waals surface area contributed by atoms with Crippen molar-refractivity contribution in [2.75, 3.05) is 20.3 Å². The second-order valence-corrected chi connectivity index (χ2v) is 5.20. The van der Waals surface area contributed by atoms with Gasteiger partial charge in [-0.15, -0.1) is 0 Å². The van der Waals surface area contributed by atoms with Gasteiger partial charge in [-0.2, -0.15) is 0 Å². The topological polar surface area (TPSA) is 35.5 Å². The summed E-state index contributed by atoms with van der Waals surface area (Å²) in [5.74, 6) is -0.616. The molecule has 18 heavy (non-hydrogen) atoms. The van der Waals surface area contributed by atoms with Gasteiger partial charge >= 0.3 is 5.97 Å². The van der Waals surface area contributed by atoms with Gasteiger partial charge in [-0.1, -0.05) is 12.1 Å². The third-order valence-corrected chi connectivity index (χ3v) is 3.97. The van der Waals surface area contributed by atoms with Gasteiger partial charge in [-0.05, 0) is 31.5 Å². The van der Waals surface area contributed by atoms with Crippen LogP contribution in [0.1, 0.15) is 19.4 Å². The van der Waals surface area contributed by atoms with Crippen molar-refractivity contribution in [3.05, 3.63) is 35.6 Å². The average molecular weight is 252 g/mol. The van der Waals surface area contributed by atoms with E-state index in [1.165, 1.54) is 19.2 Å². The van der Waals surface area contributed by atoms with Crippen LogP contribution in [-0.4, -0.2) is 26.3 Å². The number of halogens is 1. The van der Waals surface area contributed by atoms with Gasteiger partial charge in [0, 0.05) is 0 Å². The molecule has 1 aliphatic rings. The van der Waals surface area contributed by atoms with Crippen molar-refractivity contribution >= 4 is 5.97 Å². The summed E-state index contributed by atoms with van der Waals surface area (Å²) in [6.45, 7) is 4.43. The third kappa shape index (κ3) is 1.72. The molecule has 0 radical (unpaired) electrons. The molecule has 1 saturated heterocycles. The van der Waals surface area contributed by atoms with Gasteiger partial charge in [-0.3, -0.25) is 4.79 Å². The fourth-order valence-electron chi connectivity index (χ4n) is 2.43. The summed E-state index contributed by atoms with van der Waals surface area (Å²) < 4.78 is 23.5. The number of esters is 1. The quantitative estimate of drug-likeness (QED) is 0.774. The van der Waals surface area contributed by atoms with Gasteiger partial charge < -0.3 is 9.47 Å². The van der Waals surface area contributed by atoms with Crippen molar-refractivity contribution in [2.45, 2.75) is 19.3 Å². The molecule has 1 heterocycles. The number of methoxy groups -OCH3 is 1. The van der Waals surface area contributed by atoms with Gasteiger partial charge in [-0.25, -0.2) is 4.39 Å². The molecule has 98 valence electrons. The van der Waals surface area contributed by atoms with E-state index in [1.54, 1.807) is 6.07 Å². The Balaban J connectivity index is 2.46. The number of ether oxygens (including phenoxy) is 2. The van der Waals surface area contributed by atoms with E-state index in [4.69, 9.17) is 9.47 Å². The van der Waals surface area contributed by atoms with Gasteiger partial charge in [0.1, 0.15) is 5.82 Å². The summed E-state index contributed by atoms with van der Waals surface area (Å²) >= 11 is 0. The molecule has 0 amide bonds. The molecular formula is C14H17FO3. The first-order valence-corrected chi connectivity index (χ1v) is 5.86. The monoisotopic (exact) mass is 252 g/mol. The molecule has 0 unspecified atom stereocenters. The van der Waals surface area contributed by atoms with Gasteiger partial charge in [0.15, 0.2) is 0 Å². The van der Waals surface area contributed by atoms with E-state index >= 15 is 0 Å². The minimum absolute atomic E-state index is 0.306. The van der Waals surface area contributed by atoms with Crippen LogP contribution in [0, 0.1) is 11.2 Å². The molecule has 2 rings (SSSR count). The summed E-state index contributed by atoms with van der Waals surface area (Å²) in [7, 11) is 1.36. The van der Waals surface area contributed by atoms with Gasteiger partial charge in [0.25, 0.3) is 0 Å². The molecule has 0 bridgehead atoms. The van der Waals surface area contributed by atoms with E-state index in [0.29, 0.717) is 13.2 Å².